The smallest absolute Gasteiger partial charge is 0.253 e. The van der Waals surface area contributed by atoms with Crippen molar-refractivity contribution in [2.45, 2.75) is 78.2 Å². The number of carbonyl (C=O) groups is 3. The predicted molar refractivity (Wildman–Crippen MR) is 123 cm³/mol. The highest BCUT2D eigenvalue weighted by atomic mass is 16.2. The second-order valence-corrected chi connectivity index (χ2v) is 10.1. The number of piperidine rings is 1. The third-order valence-electron chi connectivity index (χ3n) is 6.35. The highest BCUT2D eigenvalue weighted by molar-refractivity contribution is 5.97. The lowest BCUT2D eigenvalue weighted by Crippen LogP contribution is -2.47. The van der Waals surface area contributed by atoms with E-state index in [1.165, 1.54) is 25.7 Å². The summed E-state index contributed by atoms with van der Waals surface area (Å²) in [6.45, 7) is 6.73. The number of nitrogens with one attached hydrogen (secondary N) is 2. The van der Waals surface area contributed by atoms with Crippen LogP contribution in [0.2, 0.25) is 0 Å². The van der Waals surface area contributed by atoms with Crippen LogP contribution in [0, 0.1) is 11.3 Å². The van der Waals surface area contributed by atoms with Crippen LogP contribution in [0.5, 0.6) is 0 Å². The molecule has 1 aliphatic heterocycles. The lowest BCUT2D eigenvalue weighted by molar-refractivity contribution is -0.127. The Kier molecular flexibility index (Phi) is 7.74. The summed E-state index contributed by atoms with van der Waals surface area (Å²) in [7, 11) is 0. The minimum absolute atomic E-state index is 0.0549. The Labute approximate surface area is 186 Å². The highest BCUT2D eigenvalue weighted by Crippen LogP contribution is 2.23. The molecule has 1 heterocycles. The Morgan fingerprint density at radius 3 is 2.16 bits per heavy atom. The largest absolute Gasteiger partial charge is 0.353 e. The van der Waals surface area contributed by atoms with Gasteiger partial charge in [-0.1, -0.05) is 46.5 Å². The average Bonchev–Trinajstić information content (AvgIpc) is 3.02. The van der Waals surface area contributed by atoms with Gasteiger partial charge in [-0.05, 0) is 49.9 Å². The zero-order valence-electron chi connectivity index (χ0n) is 19.2. The second-order valence-electron chi connectivity index (χ2n) is 10.1. The molecule has 0 radical (unpaired) electrons. The van der Waals surface area contributed by atoms with Crippen molar-refractivity contribution in [1.29, 1.82) is 0 Å². The molecule has 0 spiro atoms. The number of amides is 3. The average molecular weight is 428 g/mol. The number of rotatable bonds is 4. The van der Waals surface area contributed by atoms with Gasteiger partial charge in [-0.15, -0.1) is 0 Å². The highest BCUT2D eigenvalue weighted by Gasteiger charge is 2.30. The first-order chi connectivity index (χ1) is 14.7. The number of benzene rings is 1. The SMILES string of the molecule is CC(C)(C)C(=O)Nc1ccc(C(=O)N2CCCC(C(=O)NC3CCCCCC3)C2)cc1. The van der Waals surface area contributed by atoms with Gasteiger partial charge in [-0.25, -0.2) is 0 Å². The third kappa shape index (κ3) is 6.55. The standard InChI is InChI=1S/C25H37N3O3/c1-25(2,3)24(31)27-21-14-12-18(13-15-21)23(30)28-16-8-9-19(17-28)22(29)26-20-10-6-4-5-7-11-20/h12-15,19-20H,4-11,16-17H2,1-3H3,(H,26,29)(H,27,31). The fraction of sp³-hybridized carbons (Fsp3) is 0.640. The monoisotopic (exact) mass is 427 g/mol. The van der Waals surface area contributed by atoms with E-state index in [1.807, 2.05) is 20.8 Å². The van der Waals surface area contributed by atoms with Gasteiger partial charge in [0.15, 0.2) is 0 Å². The van der Waals surface area contributed by atoms with E-state index < -0.39 is 5.41 Å². The van der Waals surface area contributed by atoms with Crippen LogP contribution in [0.4, 0.5) is 5.69 Å². The van der Waals surface area contributed by atoms with E-state index in [0.29, 0.717) is 24.3 Å². The maximum Gasteiger partial charge on any atom is 0.253 e. The van der Waals surface area contributed by atoms with E-state index >= 15 is 0 Å². The van der Waals surface area contributed by atoms with Crippen LogP contribution < -0.4 is 10.6 Å². The molecule has 2 aliphatic rings. The van der Waals surface area contributed by atoms with Gasteiger partial charge >= 0.3 is 0 Å². The van der Waals surface area contributed by atoms with Gasteiger partial charge < -0.3 is 15.5 Å². The van der Waals surface area contributed by atoms with Crippen LogP contribution in [0.3, 0.4) is 0 Å². The molecule has 1 aromatic carbocycles. The van der Waals surface area contributed by atoms with Crippen molar-refractivity contribution in [2.75, 3.05) is 18.4 Å². The summed E-state index contributed by atoms with van der Waals surface area (Å²) in [6, 6.07) is 7.30. The number of nitrogens with zero attached hydrogens (tertiary/aromatic N) is 1. The lowest BCUT2D eigenvalue weighted by atomic mass is 9.95. The van der Waals surface area contributed by atoms with Gasteiger partial charge in [-0.3, -0.25) is 14.4 Å². The first kappa shape index (κ1) is 23.3. The zero-order valence-corrected chi connectivity index (χ0v) is 19.2. The molecule has 170 valence electrons. The molecule has 1 aliphatic carbocycles. The number of anilines is 1. The molecular weight excluding hydrogens is 390 g/mol. The Morgan fingerprint density at radius 2 is 1.55 bits per heavy atom. The molecule has 6 heteroatoms. The summed E-state index contributed by atoms with van der Waals surface area (Å²) in [5.74, 6) is -0.151. The van der Waals surface area contributed by atoms with Gasteiger partial charge in [0.1, 0.15) is 0 Å². The molecule has 1 unspecified atom stereocenters. The lowest BCUT2D eigenvalue weighted by Gasteiger charge is -2.33. The molecule has 1 atom stereocenters. The molecule has 2 N–H and O–H groups in total. The zero-order chi connectivity index (χ0) is 22.4. The predicted octanol–water partition coefficient (Wildman–Crippen LogP) is 4.36. The van der Waals surface area contributed by atoms with Crippen LogP contribution in [-0.2, 0) is 9.59 Å². The van der Waals surface area contributed by atoms with Crippen molar-refractivity contribution < 1.29 is 14.4 Å². The Bertz CT molecular complexity index is 774. The summed E-state index contributed by atoms with van der Waals surface area (Å²) >= 11 is 0. The van der Waals surface area contributed by atoms with Gasteiger partial charge in [0, 0.05) is 35.8 Å². The Morgan fingerprint density at radius 1 is 0.903 bits per heavy atom. The summed E-state index contributed by atoms with van der Waals surface area (Å²) in [6.07, 6.45) is 8.71. The van der Waals surface area contributed by atoms with Gasteiger partial charge in [0.05, 0.1) is 5.92 Å². The number of hydrogen-bond donors (Lipinski definition) is 2. The maximum absolute atomic E-state index is 13.0. The van der Waals surface area contributed by atoms with E-state index in [1.54, 1.807) is 29.2 Å². The topological polar surface area (TPSA) is 78.5 Å². The molecule has 3 rings (SSSR count). The molecule has 1 aromatic rings. The molecule has 1 saturated heterocycles. The van der Waals surface area contributed by atoms with E-state index in [4.69, 9.17) is 0 Å². The maximum atomic E-state index is 13.0. The first-order valence-corrected chi connectivity index (χ1v) is 11.8. The Hall–Kier alpha value is -2.37. The molecule has 6 nitrogen and oxygen atoms in total. The third-order valence-corrected chi connectivity index (χ3v) is 6.35. The van der Waals surface area contributed by atoms with E-state index in [2.05, 4.69) is 10.6 Å². The molecular formula is C25H37N3O3. The number of likely N-dealkylation sites (tertiary alicyclic amines) is 1. The molecule has 31 heavy (non-hydrogen) atoms. The number of carbonyl (C=O) groups excluding carboxylic acids is 3. The summed E-state index contributed by atoms with van der Waals surface area (Å²) in [5, 5.41) is 6.12. The molecule has 2 fully saturated rings. The van der Waals surface area contributed by atoms with Crippen LogP contribution in [0.25, 0.3) is 0 Å². The van der Waals surface area contributed by atoms with E-state index in [-0.39, 0.29) is 29.7 Å². The van der Waals surface area contributed by atoms with E-state index in [9.17, 15) is 14.4 Å². The molecule has 0 bridgehead atoms. The van der Waals surface area contributed by atoms with Crippen molar-refractivity contribution in [1.82, 2.24) is 10.2 Å². The summed E-state index contributed by atoms with van der Waals surface area (Å²) in [5.41, 5.74) is 0.781. The van der Waals surface area contributed by atoms with Crippen molar-refractivity contribution in [3.8, 4) is 0 Å². The fourth-order valence-electron chi connectivity index (χ4n) is 4.32. The first-order valence-electron chi connectivity index (χ1n) is 11.8. The van der Waals surface area contributed by atoms with Gasteiger partial charge in [0.25, 0.3) is 5.91 Å². The quantitative estimate of drug-likeness (QED) is 0.701. The minimum Gasteiger partial charge on any atom is -0.353 e. The summed E-state index contributed by atoms with van der Waals surface area (Å²) < 4.78 is 0. The van der Waals surface area contributed by atoms with Crippen molar-refractivity contribution in [3.05, 3.63) is 29.8 Å². The van der Waals surface area contributed by atoms with Crippen LogP contribution in [-0.4, -0.2) is 41.8 Å². The summed E-state index contributed by atoms with van der Waals surface area (Å²) in [4.78, 5) is 39.8. The Balaban J connectivity index is 1.56. The van der Waals surface area contributed by atoms with Gasteiger partial charge in [-0.2, -0.15) is 0 Å². The molecule has 1 saturated carbocycles. The van der Waals surface area contributed by atoms with Crippen molar-refractivity contribution in [2.24, 2.45) is 11.3 Å². The fourth-order valence-corrected chi connectivity index (χ4v) is 4.32. The van der Waals surface area contributed by atoms with Crippen LogP contribution in [0.15, 0.2) is 24.3 Å². The van der Waals surface area contributed by atoms with Crippen LogP contribution in [0.1, 0.15) is 82.5 Å². The normalized spacial score (nSPS) is 20.6. The second kappa shape index (κ2) is 10.3. The van der Waals surface area contributed by atoms with Crippen molar-refractivity contribution >= 4 is 23.4 Å². The van der Waals surface area contributed by atoms with Crippen molar-refractivity contribution in [3.63, 3.8) is 0 Å². The van der Waals surface area contributed by atoms with Crippen LogP contribution >= 0.6 is 0 Å². The van der Waals surface area contributed by atoms with Gasteiger partial charge in [0.2, 0.25) is 11.8 Å². The molecule has 0 aromatic heterocycles. The number of hydrogen-bond acceptors (Lipinski definition) is 3. The van der Waals surface area contributed by atoms with E-state index in [0.717, 1.165) is 25.7 Å². The molecule has 3 amide bonds. The minimum atomic E-state index is -0.478.